The fraction of sp³-hybridized carbons (Fsp3) is 0.412. The van der Waals surface area contributed by atoms with Crippen molar-refractivity contribution in [3.05, 3.63) is 47.2 Å². The van der Waals surface area contributed by atoms with E-state index in [1.807, 2.05) is 6.26 Å². The Morgan fingerprint density at radius 3 is 2.89 bits per heavy atom. The highest BCUT2D eigenvalue weighted by Crippen LogP contribution is 2.39. The first-order chi connectivity index (χ1) is 8.90. The number of hydrogen-bond acceptors (Lipinski definition) is 1. The van der Waals surface area contributed by atoms with Crippen LogP contribution < -0.4 is 0 Å². The molecule has 1 heterocycles. The van der Waals surface area contributed by atoms with Crippen LogP contribution in [0.4, 0.5) is 0 Å². The van der Waals surface area contributed by atoms with Crippen molar-refractivity contribution in [1.82, 2.24) is 0 Å². The monoisotopic (exact) mass is 240 g/mol. The molecule has 0 saturated heterocycles. The molecule has 1 aliphatic carbocycles. The highest BCUT2D eigenvalue weighted by molar-refractivity contribution is 5.73. The highest BCUT2D eigenvalue weighted by atomic mass is 16.3. The van der Waals surface area contributed by atoms with Gasteiger partial charge in [0, 0.05) is 17.5 Å². The normalized spacial score (nSPS) is 12.5. The van der Waals surface area contributed by atoms with Crippen molar-refractivity contribution in [2.75, 3.05) is 0 Å². The fourth-order valence-corrected chi connectivity index (χ4v) is 2.88. The lowest BCUT2D eigenvalue weighted by molar-refractivity contribution is 0.576. The molecule has 1 nitrogen and oxygen atoms in total. The predicted octanol–water partition coefficient (Wildman–Crippen LogP) is 4.97. The number of unbranched alkanes of at least 4 members (excludes halogenated alkanes) is 3. The van der Waals surface area contributed by atoms with Gasteiger partial charge in [-0.3, -0.25) is 0 Å². The van der Waals surface area contributed by atoms with Gasteiger partial charge in [0.25, 0.3) is 0 Å². The van der Waals surface area contributed by atoms with E-state index in [0.29, 0.717) is 0 Å². The van der Waals surface area contributed by atoms with Crippen molar-refractivity contribution in [2.24, 2.45) is 0 Å². The SMILES string of the molecule is CCCCCCc1coc2c1Cc1ccccc1-2. The van der Waals surface area contributed by atoms with E-state index < -0.39 is 0 Å². The molecule has 1 aliphatic rings. The van der Waals surface area contributed by atoms with Gasteiger partial charge in [0.1, 0.15) is 5.76 Å². The molecular weight excluding hydrogens is 220 g/mol. The van der Waals surface area contributed by atoms with Crippen molar-refractivity contribution in [2.45, 2.75) is 45.4 Å². The van der Waals surface area contributed by atoms with Crippen LogP contribution in [0.2, 0.25) is 0 Å². The van der Waals surface area contributed by atoms with Crippen molar-refractivity contribution in [3.63, 3.8) is 0 Å². The van der Waals surface area contributed by atoms with Crippen LogP contribution in [0.3, 0.4) is 0 Å². The minimum atomic E-state index is 1.06. The van der Waals surface area contributed by atoms with Crippen molar-refractivity contribution < 1.29 is 4.42 Å². The first-order valence-electron chi connectivity index (χ1n) is 7.07. The third-order valence-corrected chi connectivity index (χ3v) is 3.91. The first-order valence-corrected chi connectivity index (χ1v) is 7.07. The van der Waals surface area contributed by atoms with Gasteiger partial charge in [-0.2, -0.15) is 0 Å². The molecule has 0 amide bonds. The van der Waals surface area contributed by atoms with E-state index in [0.717, 1.165) is 12.2 Å². The van der Waals surface area contributed by atoms with Crippen molar-refractivity contribution >= 4 is 0 Å². The Morgan fingerprint density at radius 2 is 2.00 bits per heavy atom. The van der Waals surface area contributed by atoms with Crippen LogP contribution in [0.25, 0.3) is 11.3 Å². The third-order valence-electron chi connectivity index (χ3n) is 3.91. The Bertz CT molecular complexity index is 536. The van der Waals surface area contributed by atoms with E-state index in [4.69, 9.17) is 4.42 Å². The number of hydrogen-bond donors (Lipinski definition) is 0. The number of furan rings is 1. The molecule has 0 radical (unpaired) electrons. The zero-order chi connectivity index (χ0) is 12.4. The van der Waals surface area contributed by atoms with Gasteiger partial charge in [0.15, 0.2) is 0 Å². The van der Waals surface area contributed by atoms with Gasteiger partial charge in [0.2, 0.25) is 0 Å². The summed E-state index contributed by atoms with van der Waals surface area (Å²) < 4.78 is 5.79. The lowest BCUT2D eigenvalue weighted by atomic mass is 10.0. The van der Waals surface area contributed by atoms with E-state index in [9.17, 15) is 0 Å². The van der Waals surface area contributed by atoms with E-state index in [2.05, 4.69) is 31.2 Å². The molecule has 1 heteroatoms. The van der Waals surface area contributed by atoms with Gasteiger partial charge in [-0.15, -0.1) is 0 Å². The van der Waals surface area contributed by atoms with Crippen LogP contribution >= 0.6 is 0 Å². The lowest BCUT2D eigenvalue weighted by Gasteiger charge is -2.00. The van der Waals surface area contributed by atoms with Crippen molar-refractivity contribution in [1.29, 1.82) is 0 Å². The Balaban J connectivity index is 1.75. The Morgan fingerprint density at radius 1 is 1.11 bits per heavy atom. The summed E-state index contributed by atoms with van der Waals surface area (Å²) in [7, 11) is 0. The molecule has 2 aromatic rings. The van der Waals surface area contributed by atoms with Gasteiger partial charge < -0.3 is 4.42 Å². The summed E-state index contributed by atoms with van der Waals surface area (Å²) in [5.41, 5.74) is 5.58. The van der Waals surface area contributed by atoms with E-state index >= 15 is 0 Å². The summed E-state index contributed by atoms with van der Waals surface area (Å²) in [6.07, 6.45) is 9.49. The largest absolute Gasteiger partial charge is 0.464 e. The molecule has 0 atom stereocenters. The summed E-state index contributed by atoms with van der Waals surface area (Å²) in [6.45, 7) is 2.26. The average molecular weight is 240 g/mol. The molecule has 0 bridgehead atoms. The van der Waals surface area contributed by atoms with Crippen LogP contribution in [0, 0.1) is 0 Å². The van der Waals surface area contributed by atoms with Gasteiger partial charge in [-0.25, -0.2) is 0 Å². The molecule has 0 saturated carbocycles. The van der Waals surface area contributed by atoms with Crippen LogP contribution in [0.5, 0.6) is 0 Å². The summed E-state index contributed by atoms with van der Waals surface area (Å²) in [5.74, 6) is 1.12. The van der Waals surface area contributed by atoms with Gasteiger partial charge in [-0.05, 0) is 24.0 Å². The van der Waals surface area contributed by atoms with E-state index in [-0.39, 0.29) is 0 Å². The topological polar surface area (TPSA) is 13.1 Å². The number of benzene rings is 1. The molecule has 94 valence electrons. The van der Waals surface area contributed by atoms with E-state index in [1.54, 1.807) is 0 Å². The molecule has 1 aromatic carbocycles. The summed E-state index contributed by atoms with van der Waals surface area (Å²) in [4.78, 5) is 0. The standard InChI is InChI=1S/C17H20O/c1-2-3-4-5-9-14-12-18-17-15-10-7-6-8-13(15)11-16(14)17/h6-8,10,12H,2-5,9,11H2,1H3. The Labute approximate surface area is 109 Å². The maximum atomic E-state index is 5.79. The van der Waals surface area contributed by atoms with E-state index in [1.165, 1.54) is 54.4 Å². The maximum absolute atomic E-state index is 5.79. The number of aryl methyl sites for hydroxylation is 1. The van der Waals surface area contributed by atoms with Crippen molar-refractivity contribution in [3.8, 4) is 11.3 Å². The second kappa shape index (κ2) is 5.01. The molecule has 0 fully saturated rings. The average Bonchev–Trinajstić information content (AvgIpc) is 2.94. The fourth-order valence-electron chi connectivity index (χ4n) is 2.88. The highest BCUT2D eigenvalue weighted by Gasteiger charge is 2.24. The predicted molar refractivity (Wildman–Crippen MR) is 74.8 cm³/mol. The molecule has 0 spiro atoms. The second-order valence-corrected chi connectivity index (χ2v) is 5.21. The van der Waals surface area contributed by atoms with Crippen LogP contribution in [0.15, 0.2) is 34.9 Å². The maximum Gasteiger partial charge on any atom is 0.137 e. The Kier molecular flexibility index (Phi) is 3.22. The molecular formula is C17H20O. The minimum Gasteiger partial charge on any atom is -0.464 e. The quantitative estimate of drug-likeness (QED) is 0.574. The Hall–Kier alpha value is -1.50. The molecule has 3 rings (SSSR count). The molecule has 1 aromatic heterocycles. The minimum absolute atomic E-state index is 1.06. The van der Waals surface area contributed by atoms with Crippen LogP contribution in [-0.4, -0.2) is 0 Å². The zero-order valence-electron chi connectivity index (χ0n) is 11.0. The summed E-state index contributed by atoms with van der Waals surface area (Å²) in [5, 5.41) is 0. The zero-order valence-corrected chi connectivity index (χ0v) is 11.0. The smallest absolute Gasteiger partial charge is 0.137 e. The van der Waals surface area contributed by atoms with Gasteiger partial charge >= 0.3 is 0 Å². The number of rotatable bonds is 5. The third kappa shape index (κ3) is 1.98. The molecule has 18 heavy (non-hydrogen) atoms. The summed E-state index contributed by atoms with van der Waals surface area (Å²) >= 11 is 0. The van der Waals surface area contributed by atoms with Crippen LogP contribution in [-0.2, 0) is 12.8 Å². The summed E-state index contributed by atoms with van der Waals surface area (Å²) in [6, 6.07) is 8.60. The number of fused-ring (bicyclic) bond motifs is 3. The molecule has 0 unspecified atom stereocenters. The lowest BCUT2D eigenvalue weighted by Crippen LogP contribution is -1.89. The van der Waals surface area contributed by atoms with Gasteiger partial charge in [-0.1, -0.05) is 50.5 Å². The molecule has 0 aliphatic heterocycles. The molecule has 0 N–H and O–H groups in total. The first kappa shape index (κ1) is 11.6. The second-order valence-electron chi connectivity index (χ2n) is 5.21. The van der Waals surface area contributed by atoms with Crippen LogP contribution in [0.1, 0.15) is 49.3 Å². The van der Waals surface area contributed by atoms with Gasteiger partial charge in [0.05, 0.1) is 6.26 Å².